The van der Waals surface area contributed by atoms with E-state index in [0.29, 0.717) is 18.4 Å². The summed E-state index contributed by atoms with van der Waals surface area (Å²) in [6, 6.07) is 1.51. The van der Waals surface area contributed by atoms with Crippen LogP contribution < -0.4 is 4.89 Å². The zero-order valence-corrected chi connectivity index (χ0v) is 15.3. The third kappa shape index (κ3) is 3.81. The van der Waals surface area contributed by atoms with Crippen molar-refractivity contribution in [3.63, 3.8) is 0 Å². The maximum absolute atomic E-state index is 13.0. The molecule has 1 aliphatic carbocycles. The topological polar surface area (TPSA) is 69.7 Å². The molecule has 0 bridgehead atoms. The fourth-order valence-corrected chi connectivity index (χ4v) is 3.44. The van der Waals surface area contributed by atoms with Crippen LogP contribution in [0.1, 0.15) is 49.0 Å². The molecule has 1 aromatic carbocycles. The van der Waals surface area contributed by atoms with Gasteiger partial charge < -0.3 is 4.79 Å². The van der Waals surface area contributed by atoms with Crippen molar-refractivity contribution in [3.8, 4) is 18.1 Å². The van der Waals surface area contributed by atoms with Crippen LogP contribution in [0, 0.1) is 17.8 Å². The van der Waals surface area contributed by atoms with E-state index >= 15 is 0 Å². The number of rotatable bonds is 6. The average molecular weight is 383 g/mol. The second-order valence-electron chi connectivity index (χ2n) is 6.06. The number of benzene rings is 1. The van der Waals surface area contributed by atoms with Gasteiger partial charge in [-0.3, -0.25) is 14.6 Å². The average Bonchev–Trinajstić information content (AvgIpc) is 2.80. The van der Waals surface area contributed by atoms with Crippen LogP contribution >= 0.6 is 23.2 Å². The van der Waals surface area contributed by atoms with Gasteiger partial charge in [0.25, 0.3) is 0 Å². The SMILES string of the molecule is C#CCC1(CCC(C)=O)Cc2cc(OOC(C)=O)c(Cl)c(Cl)c2C1=O. The lowest BCUT2D eigenvalue weighted by atomic mass is 9.76. The molecule has 0 heterocycles. The van der Waals surface area contributed by atoms with Gasteiger partial charge in [-0.1, -0.05) is 23.2 Å². The lowest BCUT2D eigenvalue weighted by Crippen LogP contribution is -2.28. The molecule has 5 nitrogen and oxygen atoms in total. The van der Waals surface area contributed by atoms with Gasteiger partial charge in [-0.25, -0.2) is 4.79 Å². The van der Waals surface area contributed by atoms with Crippen LogP contribution in [-0.4, -0.2) is 17.5 Å². The highest BCUT2D eigenvalue weighted by molar-refractivity contribution is 6.45. The molecule has 0 saturated heterocycles. The van der Waals surface area contributed by atoms with Crippen molar-refractivity contribution in [3.05, 3.63) is 27.2 Å². The molecule has 7 heteroatoms. The molecule has 0 fully saturated rings. The number of halogens is 2. The Morgan fingerprint density at radius 1 is 1.32 bits per heavy atom. The first-order chi connectivity index (χ1) is 11.7. The van der Waals surface area contributed by atoms with Crippen molar-refractivity contribution >= 4 is 40.7 Å². The molecule has 2 rings (SSSR count). The summed E-state index contributed by atoms with van der Waals surface area (Å²) in [6.07, 6.45) is 6.51. The summed E-state index contributed by atoms with van der Waals surface area (Å²) in [5.74, 6) is 1.64. The number of hydrogen-bond acceptors (Lipinski definition) is 5. The monoisotopic (exact) mass is 382 g/mol. The second kappa shape index (κ2) is 7.47. The second-order valence-corrected chi connectivity index (χ2v) is 6.82. The molecule has 25 heavy (non-hydrogen) atoms. The molecular formula is C18H16Cl2O5. The molecule has 0 N–H and O–H groups in total. The molecule has 0 radical (unpaired) electrons. The Labute approximate surface area is 155 Å². The van der Waals surface area contributed by atoms with Gasteiger partial charge in [-0.05, 0) is 31.4 Å². The Bertz CT molecular complexity index is 794. The summed E-state index contributed by atoms with van der Waals surface area (Å²) >= 11 is 12.4. The van der Waals surface area contributed by atoms with Crippen LogP contribution in [-0.2, 0) is 20.9 Å². The largest absolute Gasteiger partial charge is 0.352 e. The molecular weight excluding hydrogens is 367 g/mol. The normalized spacial score (nSPS) is 18.4. The van der Waals surface area contributed by atoms with Crippen LogP contribution in [0.25, 0.3) is 0 Å². The number of terminal acetylenes is 1. The predicted molar refractivity (Wildman–Crippen MR) is 92.7 cm³/mol. The molecule has 0 amide bonds. The Morgan fingerprint density at radius 2 is 2.00 bits per heavy atom. The van der Waals surface area contributed by atoms with Gasteiger partial charge in [-0.2, -0.15) is 0 Å². The summed E-state index contributed by atoms with van der Waals surface area (Å²) in [5, 5.41) is -0.00821. The zero-order valence-electron chi connectivity index (χ0n) is 13.8. The Morgan fingerprint density at radius 3 is 2.56 bits per heavy atom. The molecule has 0 aromatic heterocycles. The number of carbonyl (C=O) groups is 3. The van der Waals surface area contributed by atoms with Crippen LogP contribution in [0.4, 0.5) is 0 Å². The van der Waals surface area contributed by atoms with Gasteiger partial charge in [0.15, 0.2) is 11.5 Å². The summed E-state index contributed by atoms with van der Waals surface area (Å²) in [5.41, 5.74) is -0.0172. The quantitative estimate of drug-likeness (QED) is 0.422. The lowest BCUT2D eigenvalue weighted by Gasteiger charge is -2.24. The molecule has 1 atom stereocenters. The third-order valence-electron chi connectivity index (χ3n) is 4.14. The third-order valence-corrected chi connectivity index (χ3v) is 4.99. The Balaban J connectivity index is 2.44. The standard InChI is InChI=1S/C18H16Cl2O5/c1-4-6-18(7-5-10(2)21)9-12-8-13(25-24-11(3)22)15(19)16(20)14(12)17(18)23/h1,8H,5-7,9H2,2-3H3. The van der Waals surface area contributed by atoms with Crippen molar-refractivity contribution in [2.45, 2.75) is 39.5 Å². The molecule has 0 saturated carbocycles. The number of hydrogen-bond donors (Lipinski definition) is 0. The highest BCUT2D eigenvalue weighted by Crippen LogP contribution is 2.49. The Kier molecular flexibility index (Phi) is 5.76. The first-order valence-corrected chi connectivity index (χ1v) is 8.31. The number of fused-ring (bicyclic) bond motifs is 1. The van der Waals surface area contributed by atoms with E-state index in [-0.39, 0.29) is 45.8 Å². The van der Waals surface area contributed by atoms with E-state index in [1.807, 2.05) is 0 Å². The van der Waals surface area contributed by atoms with Crippen molar-refractivity contribution in [1.29, 1.82) is 0 Å². The molecule has 1 aliphatic rings. The minimum atomic E-state index is -0.893. The molecule has 0 aliphatic heterocycles. The van der Waals surface area contributed by atoms with Gasteiger partial charge in [0.05, 0.1) is 5.02 Å². The summed E-state index contributed by atoms with van der Waals surface area (Å²) in [6.45, 7) is 2.64. The lowest BCUT2D eigenvalue weighted by molar-refractivity contribution is -0.210. The van der Waals surface area contributed by atoms with Crippen LogP contribution in [0.2, 0.25) is 10.0 Å². The van der Waals surface area contributed by atoms with Gasteiger partial charge >= 0.3 is 5.97 Å². The predicted octanol–water partition coefficient (Wildman–Crippen LogP) is 3.97. The minimum Gasteiger partial charge on any atom is -0.300 e. The number of Topliss-reactive ketones (excluding diaryl/α,β-unsaturated/α-hetero) is 2. The van der Waals surface area contributed by atoms with E-state index in [9.17, 15) is 14.4 Å². The molecule has 0 spiro atoms. The first-order valence-electron chi connectivity index (χ1n) is 7.55. The number of ketones is 2. The van der Waals surface area contributed by atoms with E-state index in [1.54, 1.807) is 0 Å². The van der Waals surface area contributed by atoms with Crippen molar-refractivity contribution < 1.29 is 24.2 Å². The molecule has 1 aromatic rings. The van der Waals surface area contributed by atoms with E-state index in [1.165, 1.54) is 19.9 Å². The first kappa shape index (κ1) is 19.3. The van der Waals surface area contributed by atoms with Gasteiger partial charge in [0.1, 0.15) is 10.8 Å². The van der Waals surface area contributed by atoms with Crippen LogP contribution in [0.15, 0.2) is 6.07 Å². The van der Waals surface area contributed by atoms with E-state index in [2.05, 4.69) is 10.8 Å². The maximum atomic E-state index is 13.0. The fourth-order valence-electron chi connectivity index (χ4n) is 2.96. The molecule has 1 unspecified atom stereocenters. The van der Waals surface area contributed by atoms with Gasteiger partial charge in [-0.15, -0.1) is 12.3 Å². The highest BCUT2D eigenvalue weighted by atomic mass is 35.5. The van der Waals surface area contributed by atoms with Crippen molar-refractivity contribution in [1.82, 2.24) is 0 Å². The van der Waals surface area contributed by atoms with Crippen LogP contribution in [0.5, 0.6) is 5.75 Å². The maximum Gasteiger partial charge on any atom is 0.352 e. The summed E-state index contributed by atoms with van der Waals surface area (Å²) < 4.78 is 0. The Hall–Kier alpha value is -2.03. The summed E-state index contributed by atoms with van der Waals surface area (Å²) in [4.78, 5) is 44.7. The molecule has 132 valence electrons. The number of carbonyl (C=O) groups excluding carboxylic acids is 3. The zero-order chi connectivity index (χ0) is 18.8. The van der Waals surface area contributed by atoms with Crippen molar-refractivity contribution in [2.24, 2.45) is 5.41 Å². The van der Waals surface area contributed by atoms with E-state index < -0.39 is 11.4 Å². The minimum absolute atomic E-state index is 0.0213. The van der Waals surface area contributed by atoms with Crippen molar-refractivity contribution in [2.75, 3.05) is 0 Å². The van der Waals surface area contributed by atoms with E-state index in [4.69, 9.17) is 34.5 Å². The van der Waals surface area contributed by atoms with Gasteiger partial charge in [0.2, 0.25) is 0 Å². The summed E-state index contributed by atoms with van der Waals surface area (Å²) in [7, 11) is 0. The smallest absolute Gasteiger partial charge is 0.300 e. The highest BCUT2D eigenvalue weighted by Gasteiger charge is 2.46. The van der Waals surface area contributed by atoms with E-state index in [0.717, 1.165) is 0 Å². The fraction of sp³-hybridized carbons (Fsp3) is 0.389. The van der Waals surface area contributed by atoms with Crippen LogP contribution in [0.3, 0.4) is 0 Å². The van der Waals surface area contributed by atoms with Gasteiger partial charge in [0, 0.05) is 30.7 Å².